The monoisotopic (exact) mass is 290 g/mol. The molecule has 0 saturated carbocycles. The van der Waals surface area contributed by atoms with E-state index >= 15 is 0 Å². The summed E-state index contributed by atoms with van der Waals surface area (Å²) < 4.78 is 10.7. The molecule has 3 rings (SSSR count). The van der Waals surface area contributed by atoms with Crippen molar-refractivity contribution in [1.82, 2.24) is 0 Å². The summed E-state index contributed by atoms with van der Waals surface area (Å²) in [5.74, 6) is 1.72. The molecule has 0 saturated heterocycles. The molecule has 0 unspecified atom stereocenters. The van der Waals surface area contributed by atoms with Gasteiger partial charge in [-0.2, -0.15) is 0 Å². The van der Waals surface area contributed by atoms with E-state index < -0.39 is 0 Å². The molecule has 0 spiro atoms. The van der Waals surface area contributed by atoms with Crippen LogP contribution < -0.4 is 9.47 Å². The smallest absolute Gasteiger partial charge is 0.119 e. The van der Waals surface area contributed by atoms with Gasteiger partial charge in [-0.1, -0.05) is 48.5 Å². The van der Waals surface area contributed by atoms with E-state index in [9.17, 15) is 0 Å². The van der Waals surface area contributed by atoms with Crippen LogP contribution in [0.5, 0.6) is 11.5 Å². The maximum absolute atomic E-state index is 5.34. The first kappa shape index (κ1) is 14.2. The second kappa shape index (κ2) is 6.35. The van der Waals surface area contributed by atoms with E-state index in [1.807, 2.05) is 24.3 Å². The molecule has 22 heavy (non-hydrogen) atoms. The van der Waals surface area contributed by atoms with Crippen LogP contribution in [0.4, 0.5) is 0 Å². The highest BCUT2D eigenvalue weighted by Gasteiger charge is 2.08. The third-order valence-corrected chi connectivity index (χ3v) is 3.69. The molecule has 0 atom stereocenters. The minimum Gasteiger partial charge on any atom is -0.497 e. The maximum atomic E-state index is 5.34. The molecular weight excluding hydrogens is 272 g/mol. The lowest BCUT2D eigenvalue weighted by Gasteiger charge is -2.12. The van der Waals surface area contributed by atoms with E-state index in [-0.39, 0.29) is 0 Å². The molecule has 110 valence electrons. The molecule has 0 aliphatic heterocycles. The van der Waals surface area contributed by atoms with Crippen molar-refractivity contribution in [3.05, 3.63) is 72.8 Å². The summed E-state index contributed by atoms with van der Waals surface area (Å²) in [7, 11) is 3.38. The molecule has 0 radical (unpaired) electrons. The largest absolute Gasteiger partial charge is 0.497 e. The quantitative estimate of drug-likeness (QED) is 0.670. The maximum Gasteiger partial charge on any atom is 0.119 e. The van der Waals surface area contributed by atoms with Gasteiger partial charge < -0.3 is 9.47 Å². The summed E-state index contributed by atoms with van der Waals surface area (Å²) in [6.45, 7) is 0. The Morgan fingerprint density at radius 3 is 1.41 bits per heavy atom. The Morgan fingerprint density at radius 2 is 1.00 bits per heavy atom. The van der Waals surface area contributed by atoms with Crippen molar-refractivity contribution in [2.45, 2.75) is 0 Å². The Morgan fingerprint density at radius 1 is 0.545 bits per heavy atom. The second-order valence-corrected chi connectivity index (χ2v) is 5.01. The Balaban J connectivity index is 2.13. The van der Waals surface area contributed by atoms with Crippen molar-refractivity contribution in [2.75, 3.05) is 14.2 Å². The summed E-state index contributed by atoms with van der Waals surface area (Å²) in [6, 6.07) is 24.6. The van der Waals surface area contributed by atoms with Gasteiger partial charge in [0.25, 0.3) is 0 Å². The minimum atomic E-state index is 0.859. The Bertz CT molecular complexity index is 711. The Labute approximate surface area is 131 Å². The number of hydrogen-bond donors (Lipinski definition) is 0. The molecule has 0 fully saturated rings. The van der Waals surface area contributed by atoms with Crippen LogP contribution >= 0.6 is 0 Å². The van der Waals surface area contributed by atoms with Crippen LogP contribution in [-0.4, -0.2) is 14.2 Å². The lowest BCUT2D eigenvalue weighted by molar-refractivity contribution is 0.415. The molecule has 0 N–H and O–H groups in total. The van der Waals surface area contributed by atoms with Crippen molar-refractivity contribution in [1.29, 1.82) is 0 Å². The van der Waals surface area contributed by atoms with Crippen LogP contribution in [0, 0.1) is 0 Å². The summed E-state index contributed by atoms with van der Waals surface area (Å²) in [5.41, 5.74) is 4.62. The minimum absolute atomic E-state index is 0.859. The molecule has 0 heterocycles. The summed E-state index contributed by atoms with van der Waals surface area (Å²) in [6.07, 6.45) is 0. The third-order valence-electron chi connectivity index (χ3n) is 3.69. The number of rotatable bonds is 4. The van der Waals surface area contributed by atoms with Crippen LogP contribution in [0.15, 0.2) is 72.8 Å². The van der Waals surface area contributed by atoms with Gasteiger partial charge in [-0.25, -0.2) is 0 Å². The zero-order valence-electron chi connectivity index (χ0n) is 12.7. The highest BCUT2D eigenvalue weighted by molar-refractivity contribution is 5.84. The molecular formula is C20H18O2. The lowest BCUT2D eigenvalue weighted by Crippen LogP contribution is -1.88. The molecule has 0 bridgehead atoms. The van der Waals surface area contributed by atoms with E-state index in [4.69, 9.17) is 9.47 Å². The van der Waals surface area contributed by atoms with E-state index in [1.54, 1.807) is 14.2 Å². The molecule has 2 heteroatoms. The van der Waals surface area contributed by atoms with Crippen LogP contribution in [-0.2, 0) is 0 Å². The number of hydrogen-bond acceptors (Lipinski definition) is 2. The van der Waals surface area contributed by atoms with Crippen LogP contribution in [0.25, 0.3) is 22.3 Å². The van der Waals surface area contributed by atoms with E-state index in [0.717, 1.165) is 22.6 Å². The van der Waals surface area contributed by atoms with Gasteiger partial charge in [-0.05, 0) is 46.5 Å². The Hall–Kier alpha value is -2.74. The zero-order chi connectivity index (χ0) is 15.4. The van der Waals surface area contributed by atoms with Gasteiger partial charge in [0.2, 0.25) is 0 Å². The molecule has 0 aliphatic rings. The topological polar surface area (TPSA) is 18.5 Å². The fourth-order valence-corrected chi connectivity index (χ4v) is 2.57. The second-order valence-electron chi connectivity index (χ2n) is 5.01. The molecule has 2 nitrogen and oxygen atoms in total. The number of methoxy groups -OCH3 is 2. The van der Waals surface area contributed by atoms with E-state index in [0.29, 0.717) is 0 Å². The fourth-order valence-electron chi connectivity index (χ4n) is 2.57. The first-order valence-corrected chi connectivity index (χ1v) is 7.19. The predicted octanol–water partition coefficient (Wildman–Crippen LogP) is 5.04. The molecule has 0 aromatic heterocycles. The van der Waals surface area contributed by atoms with Crippen LogP contribution in [0.3, 0.4) is 0 Å². The van der Waals surface area contributed by atoms with Crippen molar-refractivity contribution in [2.24, 2.45) is 0 Å². The van der Waals surface area contributed by atoms with Gasteiger partial charge in [0.1, 0.15) is 11.5 Å². The van der Waals surface area contributed by atoms with Gasteiger partial charge in [0.05, 0.1) is 14.2 Å². The number of ether oxygens (including phenoxy) is 2. The highest BCUT2D eigenvalue weighted by atomic mass is 16.5. The average Bonchev–Trinajstić information content (AvgIpc) is 2.62. The lowest BCUT2D eigenvalue weighted by atomic mass is 9.94. The van der Waals surface area contributed by atoms with E-state index in [1.165, 1.54) is 11.1 Å². The van der Waals surface area contributed by atoms with Gasteiger partial charge in [-0.15, -0.1) is 0 Å². The normalized spacial score (nSPS) is 10.3. The first-order chi connectivity index (χ1) is 10.8. The van der Waals surface area contributed by atoms with Gasteiger partial charge in [0, 0.05) is 0 Å². The van der Waals surface area contributed by atoms with Gasteiger partial charge >= 0.3 is 0 Å². The molecule has 0 aliphatic carbocycles. The zero-order valence-corrected chi connectivity index (χ0v) is 12.7. The molecule has 0 amide bonds. The summed E-state index contributed by atoms with van der Waals surface area (Å²) in [4.78, 5) is 0. The molecule has 3 aromatic carbocycles. The molecule has 3 aromatic rings. The van der Waals surface area contributed by atoms with Crippen molar-refractivity contribution in [3.8, 4) is 33.8 Å². The SMILES string of the molecule is COc1cccc(-c2ccccc2-c2cccc(OC)c2)c1. The van der Waals surface area contributed by atoms with Gasteiger partial charge in [-0.3, -0.25) is 0 Å². The predicted molar refractivity (Wildman–Crippen MR) is 90.4 cm³/mol. The average molecular weight is 290 g/mol. The van der Waals surface area contributed by atoms with Crippen molar-refractivity contribution in [3.63, 3.8) is 0 Å². The summed E-state index contributed by atoms with van der Waals surface area (Å²) >= 11 is 0. The third kappa shape index (κ3) is 2.82. The van der Waals surface area contributed by atoms with E-state index in [2.05, 4.69) is 48.5 Å². The summed E-state index contributed by atoms with van der Waals surface area (Å²) in [5, 5.41) is 0. The van der Waals surface area contributed by atoms with Crippen LogP contribution in [0.2, 0.25) is 0 Å². The highest BCUT2D eigenvalue weighted by Crippen LogP contribution is 2.34. The Kier molecular flexibility index (Phi) is 4.10. The van der Waals surface area contributed by atoms with Gasteiger partial charge in [0.15, 0.2) is 0 Å². The number of benzene rings is 3. The van der Waals surface area contributed by atoms with Crippen LogP contribution in [0.1, 0.15) is 0 Å². The van der Waals surface area contributed by atoms with Crippen molar-refractivity contribution < 1.29 is 9.47 Å². The first-order valence-electron chi connectivity index (χ1n) is 7.19. The van der Waals surface area contributed by atoms with Crippen molar-refractivity contribution >= 4 is 0 Å². The fraction of sp³-hybridized carbons (Fsp3) is 0.100. The standard InChI is InChI=1S/C20H18O2/c1-21-17-9-5-7-15(13-17)19-11-3-4-12-20(19)16-8-6-10-18(14-16)22-2/h3-14H,1-2H3.